The molecule has 3 fully saturated rings. The van der Waals surface area contributed by atoms with Gasteiger partial charge in [0.05, 0.1) is 18.8 Å². The second-order valence-corrected chi connectivity index (χ2v) is 7.45. The van der Waals surface area contributed by atoms with E-state index in [2.05, 4.69) is 10.2 Å². The first kappa shape index (κ1) is 16.2. The smallest absolute Gasteiger partial charge is 0.222 e. The summed E-state index contributed by atoms with van der Waals surface area (Å²) < 4.78 is 5.49. The van der Waals surface area contributed by atoms with Crippen molar-refractivity contribution < 1.29 is 9.53 Å². The van der Waals surface area contributed by atoms with E-state index in [4.69, 9.17) is 10.5 Å². The van der Waals surface area contributed by atoms with Crippen molar-refractivity contribution in [2.75, 3.05) is 32.8 Å². The summed E-state index contributed by atoms with van der Waals surface area (Å²) in [5.41, 5.74) is 5.91. The molecule has 1 aliphatic heterocycles. The van der Waals surface area contributed by atoms with Crippen molar-refractivity contribution in [3.8, 4) is 0 Å². The number of hydrogen-bond donors (Lipinski definition) is 2. The van der Waals surface area contributed by atoms with Gasteiger partial charge in [-0.1, -0.05) is 25.7 Å². The zero-order chi connectivity index (χ0) is 15.5. The van der Waals surface area contributed by atoms with Crippen molar-refractivity contribution >= 4 is 5.91 Å². The number of rotatable bonds is 5. The third-order valence-electron chi connectivity index (χ3n) is 6.06. The Hall–Kier alpha value is -0.650. The van der Waals surface area contributed by atoms with Gasteiger partial charge in [0.25, 0.3) is 0 Å². The zero-order valence-electron chi connectivity index (χ0n) is 13.7. The number of ether oxygens (including phenoxy) is 1. The quantitative estimate of drug-likeness (QED) is 0.806. The lowest BCUT2D eigenvalue weighted by molar-refractivity contribution is -0.127. The normalized spacial score (nSPS) is 27.9. The maximum atomic E-state index is 12.7. The fraction of sp³-hybridized carbons (Fsp3) is 0.941. The standard InChI is InChI=1S/C17H31N3O2/c18-14-16(5-1-2-6-16)19-15(21)13-17(7-3-4-8-17)20-9-11-22-12-10-20/h1-14,18H2,(H,19,21). The van der Waals surface area contributed by atoms with Gasteiger partial charge in [-0.25, -0.2) is 0 Å². The molecule has 3 aliphatic rings. The van der Waals surface area contributed by atoms with Gasteiger partial charge < -0.3 is 15.8 Å². The molecule has 0 bridgehead atoms. The molecule has 3 N–H and O–H groups in total. The first-order chi connectivity index (χ1) is 10.7. The minimum atomic E-state index is -0.123. The second kappa shape index (κ2) is 6.85. The van der Waals surface area contributed by atoms with Crippen molar-refractivity contribution in [2.24, 2.45) is 5.73 Å². The van der Waals surface area contributed by atoms with Crippen LogP contribution < -0.4 is 11.1 Å². The Morgan fingerprint density at radius 2 is 1.64 bits per heavy atom. The van der Waals surface area contributed by atoms with Gasteiger partial charge >= 0.3 is 0 Å². The summed E-state index contributed by atoms with van der Waals surface area (Å²) in [6.07, 6.45) is 9.87. The molecule has 2 aliphatic carbocycles. The monoisotopic (exact) mass is 309 g/mol. The van der Waals surface area contributed by atoms with Crippen LogP contribution in [0.3, 0.4) is 0 Å². The van der Waals surface area contributed by atoms with Gasteiger partial charge in [0.2, 0.25) is 5.91 Å². The van der Waals surface area contributed by atoms with Gasteiger partial charge in [-0.3, -0.25) is 9.69 Å². The molecule has 126 valence electrons. The van der Waals surface area contributed by atoms with Crippen molar-refractivity contribution in [3.05, 3.63) is 0 Å². The molecule has 1 saturated heterocycles. The molecule has 0 aromatic heterocycles. The Labute approximate surface area is 133 Å². The summed E-state index contributed by atoms with van der Waals surface area (Å²) in [6.45, 7) is 4.11. The first-order valence-corrected chi connectivity index (χ1v) is 9.02. The molecule has 1 heterocycles. The SMILES string of the molecule is NCC1(NC(=O)CC2(N3CCOCC3)CCCC2)CCCC1. The lowest BCUT2D eigenvalue weighted by Gasteiger charge is -2.43. The lowest BCUT2D eigenvalue weighted by Crippen LogP contribution is -2.57. The fourth-order valence-electron chi connectivity index (χ4n) is 4.75. The maximum Gasteiger partial charge on any atom is 0.222 e. The predicted octanol–water partition coefficient (Wildman–Crippen LogP) is 1.41. The summed E-state index contributed by atoms with van der Waals surface area (Å²) in [5.74, 6) is 0.209. The number of morpholine rings is 1. The Morgan fingerprint density at radius 3 is 2.23 bits per heavy atom. The number of nitrogens with one attached hydrogen (secondary N) is 1. The number of amides is 1. The van der Waals surface area contributed by atoms with E-state index < -0.39 is 0 Å². The number of nitrogens with two attached hydrogens (primary N) is 1. The summed E-state index contributed by atoms with van der Waals surface area (Å²) in [4.78, 5) is 15.3. The van der Waals surface area contributed by atoms with Crippen molar-refractivity contribution in [2.45, 2.75) is 68.9 Å². The average molecular weight is 309 g/mol. The predicted molar refractivity (Wildman–Crippen MR) is 86.6 cm³/mol. The second-order valence-electron chi connectivity index (χ2n) is 7.45. The zero-order valence-corrected chi connectivity index (χ0v) is 13.7. The topological polar surface area (TPSA) is 67.6 Å². The molecular weight excluding hydrogens is 278 g/mol. The molecule has 0 aromatic carbocycles. The minimum absolute atomic E-state index is 0.0717. The Bertz CT molecular complexity index is 381. The van der Waals surface area contributed by atoms with E-state index in [0.29, 0.717) is 13.0 Å². The maximum absolute atomic E-state index is 12.7. The van der Waals surface area contributed by atoms with Gasteiger partial charge in [-0.2, -0.15) is 0 Å². The van der Waals surface area contributed by atoms with E-state index in [-0.39, 0.29) is 17.0 Å². The van der Waals surface area contributed by atoms with E-state index in [0.717, 1.165) is 52.0 Å². The highest BCUT2D eigenvalue weighted by Crippen LogP contribution is 2.39. The Morgan fingerprint density at radius 1 is 1.05 bits per heavy atom. The van der Waals surface area contributed by atoms with E-state index in [1.165, 1.54) is 25.7 Å². The van der Waals surface area contributed by atoms with Crippen molar-refractivity contribution in [1.29, 1.82) is 0 Å². The summed E-state index contributed by atoms with van der Waals surface area (Å²) >= 11 is 0. The number of carbonyl (C=O) groups is 1. The van der Waals surface area contributed by atoms with E-state index in [1.54, 1.807) is 0 Å². The molecule has 0 atom stereocenters. The van der Waals surface area contributed by atoms with Gasteiger partial charge in [-0.15, -0.1) is 0 Å². The molecule has 1 amide bonds. The molecule has 0 spiro atoms. The van der Waals surface area contributed by atoms with Crippen LogP contribution in [0.1, 0.15) is 57.8 Å². The molecule has 2 saturated carbocycles. The molecule has 0 unspecified atom stereocenters. The molecule has 3 rings (SSSR count). The molecule has 22 heavy (non-hydrogen) atoms. The summed E-state index contributed by atoms with van der Waals surface area (Å²) in [6, 6.07) is 0. The lowest BCUT2D eigenvalue weighted by atomic mass is 9.88. The number of nitrogens with zero attached hydrogens (tertiary/aromatic N) is 1. The third-order valence-corrected chi connectivity index (χ3v) is 6.06. The summed E-state index contributed by atoms with van der Waals surface area (Å²) in [7, 11) is 0. The van der Waals surface area contributed by atoms with Crippen LogP contribution >= 0.6 is 0 Å². The van der Waals surface area contributed by atoms with Gasteiger partial charge in [0, 0.05) is 31.6 Å². The molecular formula is C17H31N3O2. The highest BCUT2D eigenvalue weighted by Gasteiger charge is 2.43. The Balaban J connectivity index is 1.64. The van der Waals surface area contributed by atoms with Gasteiger partial charge in [-0.05, 0) is 25.7 Å². The molecule has 0 aromatic rings. The summed E-state index contributed by atoms with van der Waals surface area (Å²) in [5, 5.41) is 3.31. The first-order valence-electron chi connectivity index (χ1n) is 9.02. The van der Waals surface area contributed by atoms with Crippen LogP contribution in [0.4, 0.5) is 0 Å². The number of carbonyl (C=O) groups excluding carboxylic acids is 1. The molecule has 0 radical (unpaired) electrons. The molecule has 5 nitrogen and oxygen atoms in total. The van der Waals surface area contributed by atoms with Crippen LogP contribution in [0.5, 0.6) is 0 Å². The third kappa shape index (κ3) is 3.31. The van der Waals surface area contributed by atoms with Gasteiger partial charge in [0.1, 0.15) is 0 Å². The number of hydrogen-bond acceptors (Lipinski definition) is 4. The minimum Gasteiger partial charge on any atom is -0.379 e. The van der Waals surface area contributed by atoms with E-state index in [1.807, 2.05) is 0 Å². The highest BCUT2D eigenvalue weighted by molar-refractivity contribution is 5.78. The van der Waals surface area contributed by atoms with Crippen molar-refractivity contribution in [1.82, 2.24) is 10.2 Å². The van der Waals surface area contributed by atoms with Crippen LogP contribution in [-0.2, 0) is 9.53 Å². The van der Waals surface area contributed by atoms with Gasteiger partial charge in [0.15, 0.2) is 0 Å². The fourth-order valence-corrected chi connectivity index (χ4v) is 4.75. The van der Waals surface area contributed by atoms with E-state index in [9.17, 15) is 4.79 Å². The van der Waals surface area contributed by atoms with E-state index >= 15 is 0 Å². The Kier molecular flexibility index (Phi) is 5.05. The van der Waals surface area contributed by atoms with Crippen LogP contribution in [0.25, 0.3) is 0 Å². The largest absolute Gasteiger partial charge is 0.379 e. The van der Waals surface area contributed by atoms with Crippen LogP contribution in [0, 0.1) is 0 Å². The highest BCUT2D eigenvalue weighted by atomic mass is 16.5. The van der Waals surface area contributed by atoms with Crippen LogP contribution in [0.2, 0.25) is 0 Å². The molecule has 5 heteroatoms. The average Bonchev–Trinajstić information content (AvgIpc) is 3.19. The van der Waals surface area contributed by atoms with Crippen LogP contribution in [0.15, 0.2) is 0 Å². The van der Waals surface area contributed by atoms with Crippen molar-refractivity contribution in [3.63, 3.8) is 0 Å². The van der Waals surface area contributed by atoms with Crippen LogP contribution in [-0.4, -0.2) is 54.7 Å².